The molecule has 1 aromatic carbocycles. The molecule has 0 spiro atoms. The van der Waals surface area contributed by atoms with Gasteiger partial charge in [-0.15, -0.1) is 0 Å². The van der Waals surface area contributed by atoms with Crippen molar-refractivity contribution in [2.75, 3.05) is 11.9 Å². The van der Waals surface area contributed by atoms with Crippen LogP contribution in [0.15, 0.2) is 36.7 Å². The van der Waals surface area contributed by atoms with Gasteiger partial charge in [0.2, 0.25) is 5.88 Å². The molecule has 2 rings (SSSR count). The first kappa shape index (κ1) is 12.8. The highest BCUT2D eigenvalue weighted by Gasteiger charge is 2.01. The molecule has 1 aromatic heterocycles. The Kier molecular flexibility index (Phi) is 4.29. The standard InChI is InChI=1S/C14H14N4O/c1-2-16-13-9-14(18-10-17-13)19-12-5-3-11(4-6-12)7-8-15/h3-6,9-10H,2,7H2,1H3,(H,16,17,18). The summed E-state index contributed by atoms with van der Waals surface area (Å²) in [6.45, 7) is 2.79. The van der Waals surface area contributed by atoms with E-state index in [-0.39, 0.29) is 0 Å². The molecule has 0 aliphatic heterocycles. The van der Waals surface area contributed by atoms with Crippen LogP contribution in [0.25, 0.3) is 0 Å². The van der Waals surface area contributed by atoms with E-state index >= 15 is 0 Å². The molecule has 0 radical (unpaired) electrons. The first-order valence-corrected chi connectivity index (χ1v) is 6.01. The summed E-state index contributed by atoms with van der Waals surface area (Å²) in [4.78, 5) is 8.12. The molecule has 1 N–H and O–H groups in total. The van der Waals surface area contributed by atoms with Gasteiger partial charge in [-0.05, 0) is 24.6 Å². The second kappa shape index (κ2) is 6.36. The second-order valence-corrected chi connectivity index (χ2v) is 3.85. The summed E-state index contributed by atoms with van der Waals surface area (Å²) in [5.41, 5.74) is 0.964. The van der Waals surface area contributed by atoms with Crippen molar-refractivity contribution in [3.63, 3.8) is 0 Å². The first-order chi connectivity index (χ1) is 9.31. The molecule has 0 bridgehead atoms. The van der Waals surface area contributed by atoms with Crippen molar-refractivity contribution in [1.82, 2.24) is 9.97 Å². The number of anilines is 1. The van der Waals surface area contributed by atoms with E-state index in [0.717, 1.165) is 17.9 Å². The summed E-state index contributed by atoms with van der Waals surface area (Å²) in [6.07, 6.45) is 1.86. The molecule has 2 aromatic rings. The normalized spacial score (nSPS) is 9.68. The number of nitriles is 1. The summed E-state index contributed by atoms with van der Waals surface area (Å²) < 4.78 is 5.62. The van der Waals surface area contributed by atoms with Crippen LogP contribution in [0.2, 0.25) is 0 Å². The Morgan fingerprint density at radius 3 is 2.74 bits per heavy atom. The van der Waals surface area contributed by atoms with E-state index in [1.54, 1.807) is 6.07 Å². The Bertz CT molecular complexity index is 575. The Hall–Kier alpha value is -2.61. The number of hydrogen-bond donors (Lipinski definition) is 1. The predicted molar refractivity (Wildman–Crippen MR) is 72.0 cm³/mol. The monoisotopic (exact) mass is 254 g/mol. The first-order valence-electron chi connectivity index (χ1n) is 6.01. The third-order valence-electron chi connectivity index (χ3n) is 2.43. The van der Waals surface area contributed by atoms with Crippen molar-refractivity contribution >= 4 is 5.82 Å². The molecule has 19 heavy (non-hydrogen) atoms. The Labute approximate surface area is 111 Å². The molecule has 0 atom stereocenters. The van der Waals surface area contributed by atoms with Gasteiger partial charge in [-0.2, -0.15) is 5.26 Å². The summed E-state index contributed by atoms with van der Waals surface area (Å²) >= 11 is 0. The molecule has 0 aliphatic carbocycles. The molecule has 96 valence electrons. The fraction of sp³-hybridized carbons (Fsp3) is 0.214. The van der Waals surface area contributed by atoms with E-state index < -0.39 is 0 Å². The molecule has 1 heterocycles. The van der Waals surface area contributed by atoms with Crippen molar-refractivity contribution in [2.45, 2.75) is 13.3 Å². The maximum Gasteiger partial charge on any atom is 0.224 e. The summed E-state index contributed by atoms with van der Waals surface area (Å²) in [6, 6.07) is 11.2. The maximum absolute atomic E-state index is 8.60. The number of nitrogens with zero attached hydrogens (tertiary/aromatic N) is 3. The Balaban J connectivity index is 2.08. The molecule has 5 nitrogen and oxygen atoms in total. The Morgan fingerprint density at radius 1 is 1.26 bits per heavy atom. The number of nitrogens with one attached hydrogen (secondary N) is 1. The van der Waals surface area contributed by atoms with E-state index in [0.29, 0.717) is 18.1 Å². The highest BCUT2D eigenvalue weighted by Crippen LogP contribution is 2.21. The zero-order valence-corrected chi connectivity index (χ0v) is 10.6. The molecular formula is C14H14N4O. The van der Waals surface area contributed by atoms with Gasteiger partial charge in [-0.1, -0.05) is 12.1 Å². The van der Waals surface area contributed by atoms with Crippen molar-refractivity contribution in [1.29, 1.82) is 5.26 Å². The van der Waals surface area contributed by atoms with E-state index in [1.807, 2.05) is 31.2 Å². The van der Waals surface area contributed by atoms with Gasteiger partial charge in [-0.3, -0.25) is 0 Å². The minimum atomic E-state index is 0.401. The molecule has 0 saturated carbocycles. The number of aromatic nitrogens is 2. The van der Waals surface area contributed by atoms with Gasteiger partial charge >= 0.3 is 0 Å². The van der Waals surface area contributed by atoms with Gasteiger partial charge in [0.15, 0.2) is 0 Å². The van der Waals surface area contributed by atoms with E-state index in [2.05, 4.69) is 21.4 Å². The lowest BCUT2D eigenvalue weighted by atomic mass is 10.2. The quantitative estimate of drug-likeness (QED) is 0.888. The van der Waals surface area contributed by atoms with Crippen LogP contribution in [0.3, 0.4) is 0 Å². The van der Waals surface area contributed by atoms with Crippen LogP contribution in [0.5, 0.6) is 11.6 Å². The molecule has 0 amide bonds. The summed E-state index contributed by atoms with van der Waals surface area (Å²) in [7, 11) is 0. The molecule has 0 aliphatic rings. The fourth-order valence-electron chi connectivity index (χ4n) is 1.56. The number of ether oxygens (including phenoxy) is 1. The number of rotatable bonds is 5. The smallest absolute Gasteiger partial charge is 0.224 e. The largest absolute Gasteiger partial charge is 0.439 e. The van der Waals surface area contributed by atoms with Gasteiger partial charge in [0, 0.05) is 12.6 Å². The van der Waals surface area contributed by atoms with Crippen LogP contribution in [-0.2, 0) is 6.42 Å². The van der Waals surface area contributed by atoms with E-state index in [9.17, 15) is 0 Å². The maximum atomic E-state index is 8.60. The lowest BCUT2D eigenvalue weighted by molar-refractivity contribution is 0.461. The molecule has 0 saturated heterocycles. The predicted octanol–water partition coefficient (Wildman–Crippen LogP) is 2.77. The van der Waals surface area contributed by atoms with Crippen molar-refractivity contribution in [3.05, 3.63) is 42.2 Å². The lowest BCUT2D eigenvalue weighted by Gasteiger charge is -2.07. The minimum Gasteiger partial charge on any atom is -0.439 e. The van der Waals surface area contributed by atoms with Crippen molar-refractivity contribution in [2.24, 2.45) is 0 Å². The number of benzene rings is 1. The highest BCUT2D eigenvalue weighted by molar-refractivity contribution is 5.39. The lowest BCUT2D eigenvalue weighted by Crippen LogP contribution is -2.00. The van der Waals surface area contributed by atoms with Gasteiger partial charge in [0.05, 0.1) is 12.5 Å². The zero-order valence-electron chi connectivity index (χ0n) is 10.6. The van der Waals surface area contributed by atoms with Crippen LogP contribution < -0.4 is 10.1 Å². The average molecular weight is 254 g/mol. The van der Waals surface area contributed by atoms with Gasteiger partial charge in [0.1, 0.15) is 17.9 Å². The molecule has 0 unspecified atom stereocenters. The Morgan fingerprint density at radius 2 is 2.05 bits per heavy atom. The van der Waals surface area contributed by atoms with Crippen molar-refractivity contribution < 1.29 is 4.74 Å². The van der Waals surface area contributed by atoms with E-state index in [1.165, 1.54) is 6.33 Å². The van der Waals surface area contributed by atoms with Crippen LogP contribution in [0.1, 0.15) is 12.5 Å². The average Bonchev–Trinajstić information content (AvgIpc) is 2.42. The van der Waals surface area contributed by atoms with Crippen LogP contribution >= 0.6 is 0 Å². The summed E-state index contributed by atoms with van der Waals surface area (Å²) in [5, 5.41) is 11.7. The van der Waals surface area contributed by atoms with E-state index in [4.69, 9.17) is 10.00 Å². The minimum absolute atomic E-state index is 0.401. The van der Waals surface area contributed by atoms with Crippen LogP contribution in [-0.4, -0.2) is 16.5 Å². The van der Waals surface area contributed by atoms with Crippen molar-refractivity contribution in [3.8, 4) is 17.7 Å². The number of hydrogen-bond acceptors (Lipinski definition) is 5. The third kappa shape index (κ3) is 3.68. The third-order valence-corrected chi connectivity index (χ3v) is 2.43. The molecule has 0 fully saturated rings. The van der Waals surface area contributed by atoms with Crippen LogP contribution in [0.4, 0.5) is 5.82 Å². The zero-order chi connectivity index (χ0) is 13.5. The molecule has 5 heteroatoms. The van der Waals surface area contributed by atoms with Gasteiger partial charge < -0.3 is 10.1 Å². The fourth-order valence-corrected chi connectivity index (χ4v) is 1.56. The van der Waals surface area contributed by atoms with Crippen LogP contribution in [0, 0.1) is 11.3 Å². The van der Waals surface area contributed by atoms with Gasteiger partial charge in [-0.25, -0.2) is 9.97 Å². The second-order valence-electron chi connectivity index (χ2n) is 3.85. The van der Waals surface area contributed by atoms with Gasteiger partial charge in [0.25, 0.3) is 0 Å². The highest BCUT2D eigenvalue weighted by atomic mass is 16.5. The topological polar surface area (TPSA) is 70.8 Å². The summed E-state index contributed by atoms with van der Waals surface area (Å²) in [5.74, 6) is 1.90. The molecular weight excluding hydrogens is 240 g/mol. The SMILES string of the molecule is CCNc1cc(Oc2ccc(CC#N)cc2)ncn1.